The second kappa shape index (κ2) is 8.22. The third-order valence-corrected chi connectivity index (χ3v) is 4.76. The predicted molar refractivity (Wildman–Crippen MR) is 97.0 cm³/mol. The molecule has 1 aromatic heterocycles. The Morgan fingerprint density at radius 1 is 1.08 bits per heavy atom. The highest BCUT2D eigenvalue weighted by atomic mass is 32.2. The largest absolute Gasteiger partial charge is 0.467 e. The Bertz CT molecular complexity index is 881. The van der Waals surface area contributed by atoms with Crippen LogP contribution in [0.2, 0.25) is 0 Å². The number of rotatable bonds is 6. The van der Waals surface area contributed by atoms with E-state index in [1.54, 1.807) is 36.2 Å². The molecule has 124 valence electrons. The molecule has 2 aromatic carbocycles. The zero-order chi connectivity index (χ0) is 17.5. The van der Waals surface area contributed by atoms with Crippen LogP contribution in [-0.4, -0.2) is 5.91 Å². The van der Waals surface area contributed by atoms with E-state index in [0.717, 1.165) is 22.0 Å². The van der Waals surface area contributed by atoms with E-state index in [1.165, 1.54) is 0 Å². The van der Waals surface area contributed by atoms with Gasteiger partial charge in [0.15, 0.2) is 0 Å². The number of hydrogen-bond donors (Lipinski definition) is 1. The second-order valence-corrected chi connectivity index (χ2v) is 6.37. The lowest BCUT2D eigenvalue weighted by atomic mass is 10.2. The Kier molecular flexibility index (Phi) is 5.55. The van der Waals surface area contributed by atoms with Crippen molar-refractivity contribution in [3.8, 4) is 6.07 Å². The SMILES string of the molecule is N#Cc1ccc(CSc2ccccc2C(=O)NCc2ccco2)cc1. The fourth-order valence-corrected chi connectivity index (χ4v) is 3.30. The van der Waals surface area contributed by atoms with Gasteiger partial charge < -0.3 is 9.73 Å². The Morgan fingerprint density at radius 2 is 1.88 bits per heavy atom. The van der Waals surface area contributed by atoms with Crippen molar-refractivity contribution in [1.29, 1.82) is 5.26 Å². The van der Waals surface area contributed by atoms with Crippen LogP contribution in [0.3, 0.4) is 0 Å². The molecule has 3 aromatic rings. The van der Waals surface area contributed by atoms with E-state index in [4.69, 9.17) is 9.68 Å². The van der Waals surface area contributed by atoms with E-state index in [0.29, 0.717) is 17.7 Å². The fraction of sp³-hybridized carbons (Fsp3) is 0.100. The monoisotopic (exact) mass is 348 g/mol. The van der Waals surface area contributed by atoms with E-state index in [2.05, 4.69) is 11.4 Å². The highest BCUT2D eigenvalue weighted by molar-refractivity contribution is 7.98. The lowest BCUT2D eigenvalue weighted by molar-refractivity contribution is 0.0945. The quantitative estimate of drug-likeness (QED) is 0.672. The van der Waals surface area contributed by atoms with Crippen molar-refractivity contribution in [3.05, 3.63) is 89.4 Å². The number of carbonyl (C=O) groups is 1. The molecule has 0 atom stereocenters. The number of thioether (sulfide) groups is 1. The topological polar surface area (TPSA) is 66.0 Å². The Morgan fingerprint density at radius 3 is 2.60 bits per heavy atom. The third-order valence-electron chi connectivity index (χ3n) is 3.61. The summed E-state index contributed by atoms with van der Waals surface area (Å²) in [4.78, 5) is 13.4. The van der Waals surface area contributed by atoms with Gasteiger partial charge in [0.05, 0.1) is 30.0 Å². The molecule has 0 fully saturated rings. The van der Waals surface area contributed by atoms with Crippen molar-refractivity contribution in [2.45, 2.75) is 17.2 Å². The van der Waals surface area contributed by atoms with Gasteiger partial charge in [-0.3, -0.25) is 4.79 Å². The average Bonchev–Trinajstić information content (AvgIpc) is 3.19. The number of nitrogens with zero attached hydrogens (tertiary/aromatic N) is 1. The molecule has 0 aliphatic carbocycles. The standard InChI is InChI=1S/C20H16N2O2S/c21-12-15-7-9-16(10-8-15)14-25-19-6-2-1-5-18(19)20(23)22-13-17-4-3-11-24-17/h1-11H,13-14H2,(H,22,23). The van der Waals surface area contributed by atoms with Crippen LogP contribution in [0.4, 0.5) is 0 Å². The smallest absolute Gasteiger partial charge is 0.252 e. The lowest BCUT2D eigenvalue weighted by Crippen LogP contribution is -2.23. The molecule has 1 heterocycles. The van der Waals surface area contributed by atoms with Gasteiger partial charge >= 0.3 is 0 Å². The molecule has 1 amide bonds. The van der Waals surface area contributed by atoms with E-state index in [-0.39, 0.29) is 5.91 Å². The maximum atomic E-state index is 12.5. The van der Waals surface area contributed by atoms with Crippen LogP contribution in [-0.2, 0) is 12.3 Å². The molecule has 3 rings (SSSR count). The third kappa shape index (κ3) is 4.52. The van der Waals surface area contributed by atoms with Crippen molar-refractivity contribution in [2.24, 2.45) is 0 Å². The van der Waals surface area contributed by atoms with Crippen LogP contribution in [0.1, 0.15) is 27.2 Å². The van der Waals surface area contributed by atoms with Gasteiger partial charge in [0, 0.05) is 10.6 Å². The number of benzene rings is 2. The summed E-state index contributed by atoms with van der Waals surface area (Å²) in [6, 6.07) is 20.7. The fourth-order valence-electron chi connectivity index (χ4n) is 2.29. The summed E-state index contributed by atoms with van der Waals surface area (Å²) >= 11 is 1.60. The molecule has 5 heteroatoms. The zero-order valence-electron chi connectivity index (χ0n) is 13.4. The number of nitriles is 1. The van der Waals surface area contributed by atoms with E-state index in [1.807, 2.05) is 42.5 Å². The van der Waals surface area contributed by atoms with Crippen LogP contribution in [0.25, 0.3) is 0 Å². The number of amides is 1. The number of carbonyl (C=O) groups excluding carboxylic acids is 1. The maximum absolute atomic E-state index is 12.5. The Hall–Kier alpha value is -2.97. The number of furan rings is 1. The first-order valence-electron chi connectivity index (χ1n) is 7.78. The molecular formula is C20H16N2O2S. The number of nitrogens with one attached hydrogen (secondary N) is 1. The van der Waals surface area contributed by atoms with Crippen LogP contribution in [0.15, 0.2) is 76.2 Å². The first-order chi connectivity index (χ1) is 12.3. The van der Waals surface area contributed by atoms with Crippen molar-refractivity contribution in [3.63, 3.8) is 0 Å². The average molecular weight is 348 g/mol. The summed E-state index contributed by atoms with van der Waals surface area (Å²) in [5.74, 6) is 1.32. The first-order valence-corrected chi connectivity index (χ1v) is 8.76. The van der Waals surface area contributed by atoms with Crippen molar-refractivity contribution < 1.29 is 9.21 Å². The van der Waals surface area contributed by atoms with E-state index in [9.17, 15) is 4.79 Å². The minimum atomic E-state index is -0.126. The van der Waals surface area contributed by atoms with Gasteiger partial charge in [-0.2, -0.15) is 5.26 Å². The van der Waals surface area contributed by atoms with Crippen molar-refractivity contribution in [2.75, 3.05) is 0 Å². The molecule has 0 bridgehead atoms. The molecule has 1 N–H and O–H groups in total. The summed E-state index contributed by atoms with van der Waals surface area (Å²) in [5, 5.41) is 11.7. The molecule has 0 aliphatic rings. The van der Waals surface area contributed by atoms with Crippen LogP contribution < -0.4 is 5.32 Å². The molecule has 4 nitrogen and oxygen atoms in total. The minimum absolute atomic E-state index is 0.126. The molecular weight excluding hydrogens is 332 g/mol. The molecule has 0 radical (unpaired) electrons. The summed E-state index contributed by atoms with van der Waals surface area (Å²) < 4.78 is 5.23. The van der Waals surface area contributed by atoms with Gasteiger partial charge in [-0.15, -0.1) is 11.8 Å². The van der Waals surface area contributed by atoms with Crippen LogP contribution >= 0.6 is 11.8 Å². The van der Waals surface area contributed by atoms with Gasteiger partial charge in [0.1, 0.15) is 5.76 Å². The van der Waals surface area contributed by atoms with Crippen molar-refractivity contribution in [1.82, 2.24) is 5.32 Å². The normalized spacial score (nSPS) is 10.2. The molecule has 0 aliphatic heterocycles. The zero-order valence-corrected chi connectivity index (χ0v) is 14.3. The minimum Gasteiger partial charge on any atom is -0.467 e. The van der Waals surface area contributed by atoms with Crippen LogP contribution in [0.5, 0.6) is 0 Å². The van der Waals surface area contributed by atoms with E-state index >= 15 is 0 Å². The van der Waals surface area contributed by atoms with Crippen molar-refractivity contribution >= 4 is 17.7 Å². The summed E-state index contributed by atoms with van der Waals surface area (Å²) in [5.41, 5.74) is 2.40. The van der Waals surface area contributed by atoms with E-state index < -0.39 is 0 Å². The molecule has 0 saturated heterocycles. The second-order valence-electron chi connectivity index (χ2n) is 5.36. The van der Waals surface area contributed by atoms with Gasteiger partial charge in [-0.05, 0) is 42.0 Å². The van der Waals surface area contributed by atoms with Gasteiger partial charge in [-0.25, -0.2) is 0 Å². The molecule has 25 heavy (non-hydrogen) atoms. The van der Waals surface area contributed by atoms with Gasteiger partial charge in [-0.1, -0.05) is 24.3 Å². The van der Waals surface area contributed by atoms with Gasteiger partial charge in [0.2, 0.25) is 0 Å². The highest BCUT2D eigenvalue weighted by Crippen LogP contribution is 2.26. The summed E-state index contributed by atoms with van der Waals surface area (Å²) in [7, 11) is 0. The van der Waals surface area contributed by atoms with Gasteiger partial charge in [0.25, 0.3) is 5.91 Å². The predicted octanol–water partition coefficient (Wildman–Crippen LogP) is 4.37. The Labute approximate surface area is 150 Å². The highest BCUT2D eigenvalue weighted by Gasteiger charge is 2.11. The molecule has 0 saturated carbocycles. The molecule has 0 spiro atoms. The maximum Gasteiger partial charge on any atom is 0.252 e. The van der Waals surface area contributed by atoms with Crippen LogP contribution in [0, 0.1) is 11.3 Å². The number of hydrogen-bond acceptors (Lipinski definition) is 4. The summed E-state index contributed by atoms with van der Waals surface area (Å²) in [6.07, 6.45) is 1.59. The summed E-state index contributed by atoms with van der Waals surface area (Å²) in [6.45, 7) is 0.362. The lowest BCUT2D eigenvalue weighted by Gasteiger charge is -2.09. The Balaban J connectivity index is 1.65. The first kappa shape index (κ1) is 16.9. The molecule has 0 unspecified atom stereocenters.